The molecule has 2 rings (SSSR count). The van der Waals surface area contributed by atoms with Crippen molar-refractivity contribution in [3.63, 3.8) is 0 Å². The van der Waals surface area contributed by atoms with Gasteiger partial charge in [0, 0.05) is 13.1 Å². The first-order valence-electron chi connectivity index (χ1n) is 11.2. The number of ether oxygens (including phenoxy) is 1. The second-order valence-electron chi connectivity index (χ2n) is 8.05. The summed E-state index contributed by atoms with van der Waals surface area (Å²) in [5.41, 5.74) is 4.41. The number of aryl methyl sites for hydroxylation is 3. The molecular weight excluding hydrogens is 388 g/mol. The fourth-order valence-electron chi connectivity index (χ4n) is 3.43. The summed E-state index contributed by atoms with van der Waals surface area (Å²) in [6.45, 7) is 11.0. The molecule has 1 atom stereocenters. The van der Waals surface area contributed by atoms with E-state index in [4.69, 9.17) is 4.74 Å². The van der Waals surface area contributed by atoms with E-state index in [2.05, 4.69) is 12.2 Å². The van der Waals surface area contributed by atoms with Gasteiger partial charge in [0.1, 0.15) is 11.8 Å². The van der Waals surface area contributed by atoms with Gasteiger partial charge in [-0.3, -0.25) is 9.59 Å². The van der Waals surface area contributed by atoms with Crippen molar-refractivity contribution < 1.29 is 14.3 Å². The van der Waals surface area contributed by atoms with Gasteiger partial charge < -0.3 is 15.0 Å². The number of rotatable bonds is 11. The Morgan fingerprint density at radius 2 is 1.74 bits per heavy atom. The lowest BCUT2D eigenvalue weighted by Crippen LogP contribution is -2.50. The number of hydrogen-bond acceptors (Lipinski definition) is 3. The summed E-state index contributed by atoms with van der Waals surface area (Å²) in [7, 11) is 0. The number of hydrogen-bond donors (Lipinski definition) is 1. The molecule has 2 amide bonds. The molecule has 1 N–H and O–H groups in total. The number of benzene rings is 2. The molecule has 168 valence electrons. The zero-order valence-corrected chi connectivity index (χ0v) is 19.5. The van der Waals surface area contributed by atoms with Crippen LogP contribution in [0.4, 0.5) is 0 Å². The maximum atomic E-state index is 13.2. The van der Waals surface area contributed by atoms with Crippen LogP contribution < -0.4 is 10.1 Å². The Hall–Kier alpha value is -2.82. The maximum absolute atomic E-state index is 13.2. The molecule has 0 saturated carbocycles. The molecule has 1 unspecified atom stereocenters. The number of amides is 2. The predicted molar refractivity (Wildman–Crippen MR) is 125 cm³/mol. The van der Waals surface area contributed by atoms with Gasteiger partial charge in [0.25, 0.3) is 5.91 Å². The lowest BCUT2D eigenvalue weighted by molar-refractivity contribution is -0.143. The van der Waals surface area contributed by atoms with E-state index in [1.807, 2.05) is 70.2 Å². The van der Waals surface area contributed by atoms with E-state index in [-0.39, 0.29) is 18.4 Å². The van der Waals surface area contributed by atoms with E-state index in [1.54, 1.807) is 4.90 Å². The third-order valence-electron chi connectivity index (χ3n) is 5.66. The van der Waals surface area contributed by atoms with Gasteiger partial charge in [0.05, 0.1) is 0 Å². The minimum absolute atomic E-state index is 0.104. The van der Waals surface area contributed by atoms with Crippen LogP contribution in [0.3, 0.4) is 0 Å². The summed E-state index contributed by atoms with van der Waals surface area (Å²) in [5, 5.41) is 2.98. The second-order valence-corrected chi connectivity index (χ2v) is 8.05. The van der Waals surface area contributed by atoms with Crippen LogP contribution in [0.1, 0.15) is 55.4 Å². The third kappa shape index (κ3) is 7.12. The molecule has 2 aromatic carbocycles. The van der Waals surface area contributed by atoms with Crippen molar-refractivity contribution in [2.75, 3.05) is 13.2 Å². The van der Waals surface area contributed by atoms with Crippen LogP contribution in [0.5, 0.6) is 5.75 Å². The summed E-state index contributed by atoms with van der Waals surface area (Å²) < 4.78 is 5.80. The average molecular weight is 425 g/mol. The van der Waals surface area contributed by atoms with Crippen molar-refractivity contribution in [1.29, 1.82) is 0 Å². The molecule has 0 aliphatic carbocycles. The Kier molecular flexibility index (Phi) is 9.57. The van der Waals surface area contributed by atoms with Gasteiger partial charge in [-0.2, -0.15) is 0 Å². The molecule has 0 aliphatic rings. The van der Waals surface area contributed by atoms with E-state index in [1.165, 1.54) is 5.56 Å². The van der Waals surface area contributed by atoms with E-state index in [0.29, 0.717) is 25.3 Å². The zero-order chi connectivity index (χ0) is 22.8. The average Bonchev–Trinajstić information content (AvgIpc) is 2.75. The minimum Gasteiger partial charge on any atom is -0.484 e. The van der Waals surface area contributed by atoms with Gasteiger partial charge in [-0.25, -0.2) is 0 Å². The molecule has 0 fully saturated rings. The summed E-state index contributed by atoms with van der Waals surface area (Å²) in [4.78, 5) is 27.8. The van der Waals surface area contributed by atoms with Crippen LogP contribution in [-0.2, 0) is 16.1 Å². The van der Waals surface area contributed by atoms with E-state index < -0.39 is 6.04 Å². The Bertz CT molecular complexity index is 879. The highest BCUT2D eigenvalue weighted by Crippen LogP contribution is 2.18. The van der Waals surface area contributed by atoms with Gasteiger partial charge in [0.2, 0.25) is 5.91 Å². The van der Waals surface area contributed by atoms with Crippen LogP contribution >= 0.6 is 0 Å². The van der Waals surface area contributed by atoms with Crippen molar-refractivity contribution in [3.05, 3.63) is 64.7 Å². The quantitative estimate of drug-likeness (QED) is 0.531. The smallest absolute Gasteiger partial charge is 0.261 e. The molecule has 0 aromatic heterocycles. The highest BCUT2D eigenvalue weighted by atomic mass is 16.5. The maximum Gasteiger partial charge on any atom is 0.261 e. The number of carbonyl (C=O) groups excluding carboxylic acids is 2. The van der Waals surface area contributed by atoms with E-state index in [0.717, 1.165) is 29.5 Å². The Balaban J connectivity index is 2.20. The summed E-state index contributed by atoms with van der Waals surface area (Å²) in [6, 6.07) is 13.2. The fourth-order valence-corrected chi connectivity index (χ4v) is 3.43. The Morgan fingerprint density at radius 1 is 1.00 bits per heavy atom. The van der Waals surface area contributed by atoms with Crippen molar-refractivity contribution in [2.45, 2.75) is 66.5 Å². The standard InChI is InChI=1S/C26H36N2O3/c1-6-8-15-27-26(30)24(7-2)28(17-22-12-10-9-11-20(22)4)25(29)18-31-23-14-13-19(3)21(5)16-23/h9-14,16,24H,6-8,15,17-18H2,1-5H3,(H,27,30). The van der Waals surface area contributed by atoms with E-state index >= 15 is 0 Å². The highest BCUT2D eigenvalue weighted by molar-refractivity contribution is 5.88. The number of carbonyl (C=O) groups is 2. The van der Waals surface area contributed by atoms with Crippen LogP contribution in [0.15, 0.2) is 42.5 Å². The summed E-state index contributed by atoms with van der Waals surface area (Å²) in [5.74, 6) is 0.357. The number of nitrogens with zero attached hydrogens (tertiary/aromatic N) is 1. The normalized spacial score (nSPS) is 11.6. The molecule has 5 heteroatoms. The molecule has 2 aromatic rings. The third-order valence-corrected chi connectivity index (χ3v) is 5.66. The zero-order valence-electron chi connectivity index (χ0n) is 19.5. The topological polar surface area (TPSA) is 58.6 Å². The molecule has 0 bridgehead atoms. The summed E-state index contributed by atoms with van der Waals surface area (Å²) >= 11 is 0. The largest absolute Gasteiger partial charge is 0.484 e. The van der Waals surface area contributed by atoms with Crippen LogP contribution in [0, 0.1) is 20.8 Å². The molecule has 0 radical (unpaired) electrons. The van der Waals surface area contributed by atoms with Crippen molar-refractivity contribution >= 4 is 11.8 Å². The fraction of sp³-hybridized carbons (Fsp3) is 0.462. The molecule has 5 nitrogen and oxygen atoms in total. The molecule has 31 heavy (non-hydrogen) atoms. The molecule has 0 heterocycles. The molecule has 0 spiro atoms. The van der Waals surface area contributed by atoms with Crippen LogP contribution in [-0.4, -0.2) is 35.9 Å². The monoisotopic (exact) mass is 424 g/mol. The van der Waals surface area contributed by atoms with Crippen molar-refractivity contribution in [2.24, 2.45) is 0 Å². The van der Waals surface area contributed by atoms with Crippen molar-refractivity contribution in [1.82, 2.24) is 10.2 Å². The Morgan fingerprint density at radius 3 is 2.39 bits per heavy atom. The van der Waals surface area contributed by atoms with Crippen molar-refractivity contribution in [3.8, 4) is 5.75 Å². The van der Waals surface area contributed by atoms with E-state index in [9.17, 15) is 9.59 Å². The first kappa shape index (κ1) is 24.4. The van der Waals surface area contributed by atoms with Gasteiger partial charge in [-0.1, -0.05) is 50.6 Å². The predicted octanol–water partition coefficient (Wildman–Crippen LogP) is 4.71. The van der Waals surface area contributed by atoms with Gasteiger partial charge >= 0.3 is 0 Å². The Labute approximate surface area is 186 Å². The molecule has 0 aliphatic heterocycles. The molecular formula is C26H36N2O3. The number of nitrogens with one attached hydrogen (secondary N) is 1. The van der Waals surface area contributed by atoms with Crippen LogP contribution in [0.25, 0.3) is 0 Å². The summed E-state index contributed by atoms with van der Waals surface area (Å²) in [6.07, 6.45) is 2.47. The van der Waals surface area contributed by atoms with Crippen LogP contribution in [0.2, 0.25) is 0 Å². The SMILES string of the molecule is CCCCNC(=O)C(CC)N(Cc1ccccc1C)C(=O)COc1ccc(C)c(C)c1. The number of unbranched alkanes of at least 4 members (excludes halogenated alkanes) is 1. The first-order valence-corrected chi connectivity index (χ1v) is 11.2. The second kappa shape index (κ2) is 12.1. The lowest BCUT2D eigenvalue weighted by atomic mass is 10.1. The van der Waals surface area contributed by atoms with Gasteiger partial charge in [-0.05, 0) is 68.0 Å². The highest BCUT2D eigenvalue weighted by Gasteiger charge is 2.29. The lowest BCUT2D eigenvalue weighted by Gasteiger charge is -2.31. The first-order chi connectivity index (χ1) is 14.9. The molecule has 0 saturated heterocycles. The van der Waals surface area contributed by atoms with Gasteiger partial charge in [-0.15, -0.1) is 0 Å². The van der Waals surface area contributed by atoms with Gasteiger partial charge in [0.15, 0.2) is 6.61 Å². The minimum atomic E-state index is -0.535.